The van der Waals surface area contributed by atoms with Crippen LogP contribution in [0.3, 0.4) is 0 Å². The van der Waals surface area contributed by atoms with Crippen LogP contribution in [-0.2, 0) is 0 Å². The number of rotatable bonds is 6. The Morgan fingerprint density at radius 2 is 1.52 bits per heavy atom. The fraction of sp³-hybridized carbons (Fsp3) is 0. The molecule has 0 amide bonds. The molecule has 0 bridgehead atoms. The summed E-state index contributed by atoms with van der Waals surface area (Å²) in [5.41, 5.74) is 5.44. The van der Waals surface area contributed by atoms with E-state index in [1.54, 1.807) is 0 Å². The second-order valence-corrected chi connectivity index (χ2v) is 6.41. The molecule has 0 radical (unpaired) electrons. The number of hydrogen-bond acceptors (Lipinski definition) is 8. The monoisotopic (exact) mass is 411 g/mol. The molecule has 3 aromatic carbocycles. The third-order valence-corrected chi connectivity index (χ3v) is 4.35. The number of hydrazone groups is 1. The second kappa shape index (κ2) is 8.78. The summed E-state index contributed by atoms with van der Waals surface area (Å²) in [5, 5.41) is 35.1. The summed E-state index contributed by atoms with van der Waals surface area (Å²) >= 11 is 0. The number of non-ortho nitro benzene ring substituents is 1. The van der Waals surface area contributed by atoms with E-state index in [9.17, 15) is 15.2 Å². The van der Waals surface area contributed by atoms with Gasteiger partial charge in [-0.15, -0.1) is 10.2 Å². The highest BCUT2D eigenvalue weighted by Gasteiger charge is 2.13. The molecule has 4 aromatic rings. The number of nitrogens with zero attached hydrogens (tertiary/aromatic N) is 5. The molecule has 0 aliphatic rings. The van der Waals surface area contributed by atoms with Gasteiger partial charge in [-0.1, -0.05) is 72.5 Å². The summed E-state index contributed by atoms with van der Waals surface area (Å²) in [6, 6.07) is 22.5. The van der Waals surface area contributed by atoms with Crippen molar-refractivity contribution in [3.63, 3.8) is 0 Å². The quantitative estimate of drug-likeness (QED) is 0.291. The average Bonchev–Trinajstić information content (AvgIpc) is 2.81. The summed E-state index contributed by atoms with van der Waals surface area (Å²) in [6.45, 7) is 0. The van der Waals surface area contributed by atoms with E-state index in [-0.39, 0.29) is 22.9 Å². The Balaban J connectivity index is 1.65. The van der Waals surface area contributed by atoms with E-state index in [1.807, 2.05) is 60.7 Å². The minimum absolute atomic E-state index is 0.0684. The first-order valence-corrected chi connectivity index (χ1v) is 9.22. The van der Waals surface area contributed by atoms with Crippen molar-refractivity contribution in [3.05, 3.63) is 94.5 Å². The van der Waals surface area contributed by atoms with Gasteiger partial charge in [0.2, 0.25) is 0 Å². The summed E-state index contributed by atoms with van der Waals surface area (Å²) < 4.78 is 0. The van der Waals surface area contributed by atoms with Gasteiger partial charge < -0.3 is 5.11 Å². The lowest BCUT2D eigenvalue weighted by molar-refractivity contribution is -0.385. The van der Waals surface area contributed by atoms with Crippen molar-refractivity contribution in [2.45, 2.75) is 0 Å². The van der Waals surface area contributed by atoms with E-state index < -0.39 is 4.92 Å². The van der Waals surface area contributed by atoms with Crippen LogP contribution in [0.5, 0.6) is 5.75 Å². The van der Waals surface area contributed by atoms with Gasteiger partial charge in [-0.3, -0.25) is 10.1 Å². The fourth-order valence-electron chi connectivity index (χ4n) is 2.87. The van der Waals surface area contributed by atoms with Crippen molar-refractivity contribution >= 4 is 17.9 Å². The van der Waals surface area contributed by atoms with Crippen molar-refractivity contribution in [1.82, 2.24) is 15.2 Å². The van der Waals surface area contributed by atoms with Gasteiger partial charge in [-0.2, -0.15) is 5.10 Å². The molecule has 1 aromatic heterocycles. The maximum atomic E-state index is 11.9. The highest BCUT2D eigenvalue weighted by molar-refractivity contribution is 5.84. The molecule has 0 aliphatic heterocycles. The van der Waals surface area contributed by atoms with Crippen LogP contribution < -0.4 is 10.5 Å². The topological polar surface area (TPSA) is 129 Å². The van der Waals surface area contributed by atoms with Gasteiger partial charge in [0.25, 0.3) is 11.6 Å². The second-order valence-electron chi connectivity index (χ2n) is 6.41. The Morgan fingerprint density at radius 3 is 2.16 bits per heavy atom. The lowest BCUT2D eigenvalue weighted by Gasteiger charge is -2.10. The molecule has 0 saturated heterocycles. The normalized spacial score (nSPS) is 10.8. The molecule has 0 saturated carbocycles. The Morgan fingerprint density at radius 1 is 0.871 bits per heavy atom. The number of benzene rings is 3. The minimum atomic E-state index is -0.578. The molecule has 0 spiro atoms. The van der Waals surface area contributed by atoms with Crippen LogP contribution in [0.1, 0.15) is 5.56 Å². The van der Waals surface area contributed by atoms with Crippen molar-refractivity contribution < 1.29 is 10.0 Å². The molecular weight excluding hydrogens is 396 g/mol. The summed E-state index contributed by atoms with van der Waals surface area (Å²) in [4.78, 5) is 14.9. The zero-order valence-corrected chi connectivity index (χ0v) is 16.0. The van der Waals surface area contributed by atoms with Crippen molar-refractivity contribution in [2.24, 2.45) is 5.10 Å². The number of anilines is 1. The maximum Gasteiger partial charge on any atom is 0.270 e. The number of nitro groups is 1. The summed E-state index contributed by atoms with van der Waals surface area (Å²) in [6.07, 6.45) is 1.19. The zero-order chi connectivity index (χ0) is 21.6. The van der Waals surface area contributed by atoms with E-state index in [4.69, 9.17) is 0 Å². The molecule has 4 rings (SSSR count). The molecule has 0 unspecified atom stereocenters. The van der Waals surface area contributed by atoms with E-state index in [1.165, 1.54) is 6.21 Å². The predicted molar refractivity (Wildman–Crippen MR) is 114 cm³/mol. The van der Waals surface area contributed by atoms with E-state index in [0.29, 0.717) is 11.4 Å². The number of hydrogen-bond donors (Lipinski definition) is 1. The maximum absolute atomic E-state index is 11.9. The Hall–Kier alpha value is -4.66. The van der Waals surface area contributed by atoms with Gasteiger partial charge in [0.1, 0.15) is 11.4 Å². The molecule has 9 heteroatoms. The standard InChI is InChI=1S/C22H16N6O3/c29-19-12-11-18(28(30)31)13-17(19)14-23-26-22-24-20(15-7-3-1-4-8-15)21(25-27-22)16-9-5-2-6-10-16/h1-14,29H,(H,24,26,27)/p-1/b23-14-. The fourth-order valence-corrected chi connectivity index (χ4v) is 2.87. The first-order valence-electron chi connectivity index (χ1n) is 9.22. The van der Waals surface area contributed by atoms with Crippen molar-refractivity contribution in [1.29, 1.82) is 0 Å². The van der Waals surface area contributed by atoms with E-state index >= 15 is 0 Å². The van der Waals surface area contributed by atoms with Gasteiger partial charge >= 0.3 is 0 Å². The summed E-state index contributed by atoms with van der Waals surface area (Å²) in [7, 11) is 0. The van der Waals surface area contributed by atoms with Crippen LogP contribution >= 0.6 is 0 Å². The number of aromatic nitrogens is 3. The number of nitrogens with one attached hydrogen (secondary N) is 1. The molecule has 1 heterocycles. The highest BCUT2D eigenvalue weighted by Crippen LogP contribution is 2.28. The van der Waals surface area contributed by atoms with Crippen LogP contribution in [-0.4, -0.2) is 26.3 Å². The van der Waals surface area contributed by atoms with Crippen LogP contribution in [0.15, 0.2) is 84.0 Å². The Labute approximate surface area is 176 Å². The molecule has 1 N–H and O–H groups in total. The van der Waals surface area contributed by atoms with Gasteiger partial charge in [0.05, 0.1) is 11.1 Å². The molecule has 9 nitrogen and oxygen atoms in total. The SMILES string of the molecule is O=[N+]([O-])c1ccc([O-])c(/C=N\Nc2nnc(-c3ccccc3)c(-c3ccccc3)n2)c1. The molecule has 152 valence electrons. The average molecular weight is 411 g/mol. The van der Waals surface area contributed by atoms with Crippen LogP contribution in [0.2, 0.25) is 0 Å². The smallest absolute Gasteiger partial charge is 0.270 e. The lowest BCUT2D eigenvalue weighted by Crippen LogP contribution is -2.04. The van der Waals surface area contributed by atoms with Gasteiger partial charge in [-0.25, -0.2) is 10.4 Å². The molecule has 0 aliphatic carbocycles. The van der Waals surface area contributed by atoms with Crippen LogP contribution in [0.25, 0.3) is 22.5 Å². The third kappa shape index (κ3) is 4.51. The highest BCUT2D eigenvalue weighted by atomic mass is 16.6. The molecule has 31 heavy (non-hydrogen) atoms. The molecular formula is C22H15N6O3-. The first kappa shape index (κ1) is 19.6. The van der Waals surface area contributed by atoms with Crippen molar-refractivity contribution in [2.75, 3.05) is 5.43 Å². The van der Waals surface area contributed by atoms with E-state index in [2.05, 4.69) is 25.7 Å². The van der Waals surface area contributed by atoms with Gasteiger partial charge in [0.15, 0.2) is 0 Å². The molecule has 0 fully saturated rings. The first-order chi connectivity index (χ1) is 15.1. The minimum Gasteiger partial charge on any atom is -0.872 e. The Bertz CT molecular complexity index is 1250. The lowest BCUT2D eigenvalue weighted by atomic mass is 10.0. The Kier molecular flexibility index (Phi) is 5.57. The predicted octanol–water partition coefficient (Wildman–Crippen LogP) is 3.63. The third-order valence-electron chi connectivity index (χ3n) is 4.35. The van der Waals surface area contributed by atoms with Gasteiger partial charge in [-0.05, 0) is 5.56 Å². The molecule has 0 atom stereocenters. The van der Waals surface area contributed by atoms with Gasteiger partial charge in [0, 0.05) is 23.3 Å². The summed E-state index contributed by atoms with van der Waals surface area (Å²) in [5.74, 6) is -0.271. The van der Waals surface area contributed by atoms with Crippen LogP contribution in [0.4, 0.5) is 11.6 Å². The zero-order valence-electron chi connectivity index (χ0n) is 16.0. The van der Waals surface area contributed by atoms with Crippen LogP contribution in [0, 0.1) is 10.1 Å². The number of nitro benzene ring substituents is 1. The largest absolute Gasteiger partial charge is 0.872 e. The van der Waals surface area contributed by atoms with Crippen molar-refractivity contribution in [3.8, 4) is 28.3 Å². The van der Waals surface area contributed by atoms with E-state index in [0.717, 1.165) is 29.3 Å².